The molecule has 0 saturated carbocycles. The number of hydrogen-bond acceptors (Lipinski definition) is 7. The molecule has 1 aliphatic heterocycles. The SMILES string of the molecule is CCCCCCCCCCCCCCCCCC(=O)OC[C@H]1O[C@H](O)[C@@H](O)[C@@H](O)[C@@H]1O. The summed E-state index contributed by atoms with van der Waals surface area (Å²) < 4.78 is 10.1. The van der Waals surface area contributed by atoms with E-state index >= 15 is 0 Å². The predicted octanol–water partition coefficient (Wildman–Crippen LogP) is 3.59. The van der Waals surface area contributed by atoms with Crippen LogP contribution in [0, 0.1) is 0 Å². The number of hydrogen-bond donors (Lipinski definition) is 4. The summed E-state index contributed by atoms with van der Waals surface area (Å²) in [7, 11) is 0. The quantitative estimate of drug-likeness (QED) is 0.188. The summed E-state index contributed by atoms with van der Waals surface area (Å²) in [5.41, 5.74) is 0. The highest BCUT2D eigenvalue weighted by atomic mass is 16.6. The first-order valence-corrected chi connectivity index (χ1v) is 12.5. The Morgan fingerprint density at radius 1 is 0.677 bits per heavy atom. The largest absolute Gasteiger partial charge is 0.463 e. The van der Waals surface area contributed by atoms with Crippen molar-refractivity contribution in [1.29, 1.82) is 0 Å². The van der Waals surface area contributed by atoms with Crippen LogP contribution in [0.1, 0.15) is 110 Å². The first-order valence-electron chi connectivity index (χ1n) is 12.5. The topological polar surface area (TPSA) is 116 Å². The number of carbonyl (C=O) groups is 1. The van der Waals surface area contributed by atoms with Gasteiger partial charge in [-0.2, -0.15) is 0 Å². The van der Waals surface area contributed by atoms with Crippen molar-refractivity contribution in [2.45, 2.75) is 140 Å². The molecule has 0 aromatic heterocycles. The van der Waals surface area contributed by atoms with Crippen LogP contribution in [0.2, 0.25) is 0 Å². The predicted molar refractivity (Wildman–Crippen MR) is 119 cm³/mol. The molecule has 5 atom stereocenters. The van der Waals surface area contributed by atoms with Crippen molar-refractivity contribution in [3.63, 3.8) is 0 Å². The van der Waals surface area contributed by atoms with Crippen LogP contribution in [0.25, 0.3) is 0 Å². The van der Waals surface area contributed by atoms with Gasteiger partial charge in [-0.15, -0.1) is 0 Å². The fourth-order valence-electron chi connectivity index (χ4n) is 3.96. The third-order valence-electron chi connectivity index (χ3n) is 6.08. The van der Waals surface area contributed by atoms with Crippen LogP contribution in [-0.2, 0) is 14.3 Å². The minimum absolute atomic E-state index is 0.264. The minimum Gasteiger partial charge on any atom is -0.463 e. The molecule has 7 nitrogen and oxygen atoms in total. The number of esters is 1. The van der Waals surface area contributed by atoms with Crippen LogP contribution in [0.3, 0.4) is 0 Å². The molecule has 1 heterocycles. The Morgan fingerprint density at radius 3 is 1.61 bits per heavy atom. The first kappa shape index (κ1) is 28.3. The summed E-state index contributed by atoms with van der Waals surface area (Å²) in [6, 6.07) is 0. The Morgan fingerprint density at radius 2 is 1.13 bits per heavy atom. The molecule has 0 aromatic rings. The van der Waals surface area contributed by atoms with Gasteiger partial charge >= 0.3 is 5.97 Å². The van der Waals surface area contributed by atoms with E-state index in [-0.39, 0.29) is 12.6 Å². The second-order valence-corrected chi connectivity index (χ2v) is 8.92. The molecule has 0 bridgehead atoms. The lowest BCUT2D eigenvalue weighted by Gasteiger charge is -2.37. The van der Waals surface area contributed by atoms with Crippen molar-refractivity contribution in [2.24, 2.45) is 0 Å². The molecule has 184 valence electrons. The number of rotatable bonds is 18. The highest BCUT2D eigenvalue weighted by molar-refractivity contribution is 5.69. The van der Waals surface area contributed by atoms with Gasteiger partial charge in [-0.05, 0) is 6.42 Å². The van der Waals surface area contributed by atoms with Gasteiger partial charge in [-0.1, -0.05) is 96.8 Å². The van der Waals surface area contributed by atoms with E-state index in [1.54, 1.807) is 0 Å². The van der Waals surface area contributed by atoms with Crippen molar-refractivity contribution in [1.82, 2.24) is 0 Å². The smallest absolute Gasteiger partial charge is 0.305 e. The molecule has 1 rings (SSSR count). The second kappa shape index (κ2) is 17.8. The fourth-order valence-corrected chi connectivity index (χ4v) is 3.96. The summed E-state index contributed by atoms with van der Waals surface area (Å²) >= 11 is 0. The normalized spacial score (nSPS) is 26.2. The lowest BCUT2D eigenvalue weighted by atomic mass is 9.99. The van der Waals surface area contributed by atoms with E-state index in [1.807, 2.05) is 0 Å². The van der Waals surface area contributed by atoms with Crippen molar-refractivity contribution in [3.8, 4) is 0 Å². The first-order chi connectivity index (χ1) is 15.0. The van der Waals surface area contributed by atoms with E-state index in [4.69, 9.17) is 9.47 Å². The maximum Gasteiger partial charge on any atom is 0.305 e. The Labute approximate surface area is 188 Å². The zero-order chi connectivity index (χ0) is 22.9. The third kappa shape index (κ3) is 12.8. The fraction of sp³-hybridized carbons (Fsp3) is 0.958. The molecule has 1 aliphatic rings. The lowest BCUT2D eigenvalue weighted by Crippen LogP contribution is -2.58. The summed E-state index contributed by atoms with van der Waals surface area (Å²) in [5.74, 6) is -0.388. The highest BCUT2D eigenvalue weighted by Gasteiger charge is 2.43. The van der Waals surface area contributed by atoms with Crippen LogP contribution in [-0.4, -0.2) is 63.7 Å². The maximum absolute atomic E-state index is 11.8. The summed E-state index contributed by atoms with van der Waals surface area (Å²) in [6.07, 6.45) is 12.0. The number of aliphatic hydroxyl groups excluding tert-OH is 4. The van der Waals surface area contributed by atoms with Gasteiger partial charge in [0.15, 0.2) is 6.29 Å². The van der Waals surface area contributed by atoms with Gasteiger partial charge in [0, 0.05) is 6.42 Å². The lowest BCUT2D eigenvalue weighted by molar-refractivity contribution is -0.287. The number of aliphatic hydroxyl groups is 4. The van der Waals surface area contributed by atoms with E-state index in [2.05, 4.69) is 6.92 Å². The molecule has 4 N–H and O–H groups in total. The Bertz CT molecular complexity index is 446. The molecule has 31 heavy (non-hydrogen) atoms. The number of ether oxygens (including phenoxy) is 2. The van der Waals surface area contributed by atoms with Gasteiger partial charge in [0.25, 0.3) is 0 Å². The van der Waals surface area contributed by atoms with Crippen molar-refractivity contribution < 1.29 is 34.7 Å². The molecule has 0 spiro atoms. The van der Waals surface area contributed by atoms with Gasteiger partial charge in [0.05, 0.1) is 0 Å². The molecule has 1 saturated heterocycles. The number of carbonyl (C=O) groups excluding carboxylic acids is 1. The van der Waals surface area contributed by atoms with Gasteiger partial charge in [0.1, 0.15) is 31.0 Å². The van der Waals surface area contributed by atoms with E-state index in [0.717, 1.165) is 19.3 Å². The number of unbranched alkanes of at least 4 members (excludes halogenated alkanes) is 14. The van der Waals surface area contributed by atoms with Crippen LogP contribution in [0.15, 0.2) is 0 Å². The van der Waals surface area contributed by atoms with Gasteiger partial charge in [0.2, 0.25) is 0 Å². The molecule has 7 heteroatoms. The van der Waals surface area contributed by atoms with Gasteiger partial charge in [-0.25, -0.2) is 0 Å². The average Bonchev–Trinajstić information content (AvgIpc) is 2.76. The van der Waals surface area contributed by atoms with Gasteiger partial charge in [-0.3, -0.25) is 4.79 Å². The average molecular weight is 447 g/mol. The minimum atomic E-state index is -1.61. The van der Waals surface area contributed by atoms with Crippen LogP contribution >= 0.6 is 0 Å². The molecular formula is C24H46O7. The monoisotopic (exact) mass is 446 g/mol. The summed E-state index contributed by atoms with van der Waals surface area (Å²) in [5, 5.41) is 38.3. The maximum atomic E-state index is 11.8. The molecule has 0 amide bonds. The zero-order valence-corrected chi connectivity index (χ0v) is 19.4. The van der Waals surface area contributed by atoms with E-state index in [0.29, 0.717) is 6.42 Å². The van der Waals surface area contributed by atoms with Crippen LogP contribution in [0.4, 0.5) is 0 Å². The standard InChI is InChI=1S/C24H46O7/c1-2-3-4-5-6-7-8-9-10-11-12-13-14-15-16-17-20(25)30-18-19-21(26)22(27)23(28)24(29)31-19/h19,21-24,26-29H,2-18H2,1H3/t19-,21-,22+,23+,24+/m1/s1. The third-order valence-corrected chi connectivity index (χ3v) is 6.08. The van der Waals surface area contributed by atoms with E-state index in [9.17, 15) is 25.2 Å². The van der Waals surface area contributed by atoms with E-state index in [1.165, 1.54) is 77.0 Å². The highest BCUT2D eigenvalue weighted by Crippen LogP contribution is 2.20. The molecule has 0 aliphatic carbocycles. The second-order valence-electron chi connectivity index (χ2n) is 8.92. The Hall–Kier alpha value is -0.730. The molecule has 1 fully saturated rings. The van der Waals surface area contributed by atoms with Crippen molar-refractivity contribution in [3.05, 3.63) is 0 Å². The van der Waals surface area contributed by atoms with E-state index < -0.39 is 30.7 Å². The summed E-state index contributed by atoms with van der Waals surface area (Å²) in [4.78, 5) is 11.8. The van der Waals surface area contributed by atoms with Crippen LogP contribution < -0.4 is 0 Å². The van der Waals surface area contributed by atoms with Crippen LogP contribution in [0.5, 0.6) is 0 Å². The van der Waals surface area contributed by atoms with Crippen molar-refractivity contribution >= 4 is 5.97 Å². The molecule has 0 unspecified atom stereocenters. The Balaban J connectivity index is 1.89. The zero-order valence-electron chi connectivity index (χ0n) is 19.4. The van der Waals surface area contributed by atoms with Gasteiger partial charge < -0.3 is 29.9 Å². The Kier molecular flexibility index (Phi) is 16.2. The molecule has 0 radical (unpaired) electrons. The molecule has 0 aromatic carbocycles. The van der Waals surface area contributed by atoms with Crippen molar-refractivity contribution in [2.75, 3.05) is 6.61 Å². The molecular weight excluding hydrogens is 400 g/mol. The summed E-state index contributed by atoms with van der Waals surface area (Å²) in [6.45, 7) is 1.99.